The van der Waals surface area contributed by atoms with E-state index in [2.05, 4.69) is 21.2 Å². The molecule has 1 aromatic heterocycles. The number of anilines is 1. The van der Waals surface area contributed by atoms with Gasteiger partial charge in [-0.25, -0.2) is 4.98 Å². The highest BCUT2D eigenvalue weighted by Gasteiger charge is 2.32. The number of rotatable bonds is 5. The molecule has 0 bridgehead atoms. The number of H-pyrrole nitrogens is 1. The highest BCUT2D eigenvalue weighted by Crippen LogP contribution is 2.42. The van der Waals surface area contributed by atoms with Crippen molar-refractivity contribution in [3.05, 3.63) is 33.6 Å². The lowest BCUT2D eigenvalue weighted by Crippen LogP contribution is -2.31. The Morgan fingerprint density at radius 1 is 1.33 bits per heavy atom. The van der Waals surface area contributed by atoms with Crippen LogP contribution in [0, 0.1) is 12.3 Å². The lowest BCUT2D eigenvalue weighted by atomic mass is 9.86. The van der Waals surface area contributed by atoms with Crippen molar-refractivity contribution in [1.82, 2.24) is 9.97 Å². The maximum absolute atomic E-state index is 12.7. The summed E-state index contributed by atoms with van der Waals surface area (Å²) in [5.74, 6) is 2.36. The average Bonchev–Trinajstić information content (AvgIpc) is 2.65. The van der Waals surface area contributed by atoms with Crippen molar-refractivity contribution >= 4 is 23.5 Å². The SMILES string of the molecule is C#CCSc1nc2c(c(=O)[nH]1)[C@@H](c1cc(OC)c(O)c(OC)c1)CC(=O)N2. The topological polar surface area (TPSA) is 114 Å². The number of phenolic OH excluding ortho intramolecular Hbond substituents is 1. The number of phenols is 1. The predicted octanol–water partition coefficient (Wildman–Crippen LogP) is 1.69. The number of ether oxygens (including phenoxy) is 2. The summed E-state index contributed by atoms with van der Waals surface area (Å²) in [5.41, 5.74) is 0.555. The molecule has 3 N–H and O–H groups in total. The normalized spacial score (nSPS) is 15.4. The predicted molar refractivity (Wildman–Crippen MR) is 101 cm³/mol. The quantitative estimate of drug-likeness (QED) is 0.406. The summed E-state index contributed by atoms with van der Waals surface area (Å²) in [7, 11) is 2.81. The van der Waals surface area contributed by atoms with Gasteiger partial charge in [0.25, 0.3) is 5.56 Å². The van der Waals surface area contributed by atoms with Crippen LogP contribution in [-0.2, 0) is 4.79 Å². The first-order valence-corrected chi connectivity index (χ1v) is 8.92. The summed E-state index contributed by atoms with van der Waals surface area (Å²) in [6.07, 6.45) is 5.28. The number of carbonyl (C=O) groups excluding carboxylic acids is 1. The number of aromatic amines is 1. The standard InChI is InChI=1S/C18H17N3O5S/c1-4-5-27-18-20-16-14(17(24)21-18)10(8-13(22)19-16)9-6-11(25-2)15(23)12(7-9)26-3/h1,6-7,10,23H,5,8H2,2-3H3,(H2,19,20,21,22,24)/t10-/m1/s1. The lowest BCUT2D eigenvalue weighted by Gasteiger charge is -2.25. The number of carbonyl (C=O) groups is 1. The number of aromatic hydroxyl groups is 1. The van der Waals surface area contributed by atoms with Crippen LogP contribution in [0.4, 0.5) is 5.82 Å². The summed E-state index contributed by atoms with van der Waals surface area (Å²) < 4.78 is 10.3. The molecule has 3 rings (SSSR count). The first-order valence-electron chi connectivity index (χ1n) is 7.93. The van der Waals surface area contributed by atoms with Crippen LogP contribution in [0.2, 0.25) is 0 Å². The molecule has 27 heavy (non-hydrogen) atoms. The van der Waals surface area contributed by atoms with Crippen LogP contribution in [0.15, 0.2) is 22.1 Å². The van der Waals surface area contributed by atoms with Gasteiger partial charge in [0.05, 0.1) is 25.5 Å². The number of methoxy groups -OCH3 is 2. The number of nitrogens with one attached hydrogen (secondary N) is 2. The first kappa shape index (κ1) is 18.7. The molecule has 1 aromatic carbocycles. The van der Waals surface area contributed by atoms with E-state index in [9.17, 15) is 14.7 Å². The number of fused-ring (bicyclic) bond motifs is 1. The Hall–Kier alpha value is -3.12. The number of nitrogens with zero attached hydrogens (tertiary/aromatic N) is 1. The molecule has 0 aliphatic carbocycles. The maximum Gasteiger partial charge on any atom is 0.257 e. The van der Waals surface area contributed by atoms with Crippen LogP contribution >= 0.6 is 11.8 Å². The van der Waals surface area contributed by atoms with E-state index >= 15 is 0 Å². The van der Waals surface area contributed by atoms with Gasteiger partial charge >= 0.3 is 0 Å². The largest absolute Gasteiger partial charge is 0.502 e. The van der Waals surface area contributed by atoms with E-state index in [4.69, 9.17) is 15.9 Å². The Morgan fingerprint density at radius 3 is 2.59 bits per heavy atom. The molecular weight excluding hydrogens is 370 g/mol. The van der Waals surface area contributed by atoms with Crippen LogP contribution in [0.3, 0.4) is 0 Å². The molecule has 1 aliphatic heterocycles. The Kier molecular flexibility index (Phi) is 5.28. The van der Waals surface area contributed by atoms with Crippen molar-refractivity contribution in [1.29, 1.82) is 0 Å². The van der Waals surface area contributed by atoms with Gasteiger partial charge in [-0.2, -0.15) is 0 Å². The molecule has 0 fully saturated rings. The van der Waals surface area contributed by atoms with Crippen molar-refractivity contribution in [2.24, 2.45) is 0 Å². The fraction of sp³-hybridized carbons (Fsp3) is 0.278. The van der Waals surface area contributed by atoms with Gasteiger partial charge in [0, 0.05) is 12.3 Å². The number of amides is 1. The van der Waals surface area contributed by atoms with E-state index in [0.29, 0.717) is 22.0 Å². The number of hydrogen-bond acceptors (Lipinski definition) is 7. The second-order valence-corrected chi connectivity index (χ2v) is 6.67. The monoisotopic (exact) mass is 387 g/mol. The van der Waals surface area contributed by atoms with Crippen LogP contribution in [0.1, 0.15) is 23.5 Å². The fourth-order valence-electron chi connectivity index (χ4n) is 2.93. The number of hydrogen-bond donors (Lipinski definition) is 3. The van der Waals surface area contributed by atoms with E-state index in [0.717, 1.165) is 0 Å². The van der Waals surface area contributed by atoms with Crippen LogP contribution in [0.25, 0.3) is 0 Å². The smallest absolute Gasteiger partial charge is 0.257 e. The number of thioether (sulfide) groups is 1. The summed E-state index contributed by atoms with van der Waals surface area (Å²) in [6, 6.07) is 3.15. The Bertz CT molecular complexity index is 970. The zero-order valence-electron chi connectivity index (χ0n) is 14.7. The number of aromatic nitrogens is 2. The molecule has 8 nitrogen and oxygen atoms in total. The van der Waals surface area contributed by atoms with Crippen molar-refractivity contribution in [2.75, 3.05) is 25.3 Å². The minimum absolute atomic E-state index is 0.0473. The van der Waals surface area contributed by atoms with E-state index in [1.807, 2.05) is 0 Å². The third-order valence-electron chi connectivity index (χ3n) is 4.13. The molecule has 2 aromatic rings. The Morgan fingerprint density at radius 2 is 2.00 bits per heavy atom. The highest BCUT2D eigenvalue weighted by molar-refractivity contribution is 7.99. The first-order chi connectivity index (χ1) is 13.0. The average molecular weight is 387 g/mol. The minimum Gasteiger partial charge on any atom is -0.502 e. The second-order valence-electron chi connectivity index (χ2n) is 5.71. The third-order valence-corrected chi connectivity index (χ3v) is 4.90. The van der Waals surface area contributed by atoms with Gasteiger partial charge in [-0.15, -0.1) is 6.42 Å². The zero-order valence-corrected chi connectivity index (χ0v) is 15.5. The van der Waals surface area contributed by atoms with Crippen molar-refractivity contribution in [2.45, 2.75) is 17.5 Å². The Balaban J connectivity index is 2.13. The molecule has 140 valence electrons. The molecule has 2 heterocycles. The van der Waals surface area contributed by atoms with Gasteiger partial charge in [-0.3, -0.25) is 9.59 Å². The van der Waals surface area contributed by atoms with E-state index in [1.165, 1.54) is 26.0 Å². The molecule has 0 spiro atoms. The summed E-state index contributed by atoms with van der Waals surface area (Å²) >= 11 is 1.19. The molecular formula is C18H17N3O5S. The fourth-order valence-corrected chi connectivity index (χ4v) is 3.47. The summed E-state index contributed by atoms with van der Waals surface area (Å²) in [6.45, 7) is 0. The zero-order chi connectivity index (χ0) is 19.6. The molecule has 0 saturated carbocycles. The molecule has 1 amide bonds. The molecule has 9 heteroatoms. The lowest BCUT2D eigenvalue weighted by molar-refractivity contribution is -0.116. The van der Waals surface area contributed by atoms with Gasteiger partial charge in [-0.05, 0) is 17.7 Å². The molecule has 1 atom stereocenters. The van der Waals surface area contributed by atoms with Gasteiger partial charge in [-0.1, -0.05) is 17.7 Å². The maximum atomic E-state index is 12.7. The van der Waals surface area contributed by atoms with Gasteiger partial charge in [0.2, 0.25) is 11.7 Å². The van der Waals surface area contributed by atoms with Gasteiger partial charge in [0.15, 0.2) is 16.7 Å². The number of terminal acetylenes is 1. The van der Waals surface area contributed by atoms with Crippen molar-refractivity contribution < 1.29 is 19.4 Å². The van der Waals surface area contributed by atoms with E-state index < -0.39 is 5.92 Å². The van der Waals surface area contributed by atoms with Crippen molar-refractivity contribution in [3.63, 3.8) is 0 Å². The Labute approximate surface area is 159 Å². The van der Waals surface area contributed by atoms with E-state index in [-0.39, 0.29) is 41.0 Å². The molecule has 0 saturated heterocycles. The van der Waals surface area contributed by atoms with Gasteiger partial charge in [0.1, 0.15) is 5.82 Å². The van der Waals surface area contributed by atoms with Gasteiger partial charge < -0.3 is 24.9 Å². The second kappa shape index (κ2) is 7.63. The summed E-state index contributed by atoms with van der Waals surface area (Å²) in [4.78, 5) is 31.9. The third kappa shape index (κ3) is 3.57. The number of benzene rings is 1. The highest BCUT2D eigenvalue weighted by atomic mass is 32.2. The summed E-state index contributed by atoms with van der Waals surface area (Å²) in [5, 5.41) is 13.1. The van der Waals surface area contributed by atoms with Crippen LogP contribution in [0.5, 0.6) is 17.2 Å². The van der Waals surface area contributed by atoms with Crippen LogP contribution in [-0.4, -0.2) is 41.0 Å². The molecule has 1 aliphatic rings. The van der Waals surface area contributed by atoms with Crippen molar-refractivity contribution in [3.8, 4) is 29.6 Å². The van der Waals surface area contributed by atoms with Crippen LogP contribution < -0.4 is 20.3 Å². The van der Waals surface area contributed by atoms with E-state index in [1.54, 1.807) is 12.1 Å². The minimum atomic E-state index is -0.569. The molecule has 0 unspecified atom stereocenters. The molecule has 0 radical (unpaired) electrons.